The van der Waals surface area contributed by atoms with Gasteiger partial charge in [0.25, 0.3) is 0 Å². The monoisotopic (exact) mass is 270 g/mol. The van der Waals surface area contributed by atoms with Crippen molar-refractivity contribution in [3.8, 4) is 5.75 Å². The van der Waals surface area contributed by atoms with Crippen LogP contribution in [0.4, 0.5) is 0 Å². The first kappa shape index (κ1) is 15.3. The summed E-state index contributed by atoms with van der Waals surface area (Å²) in [6.45, 7) is 6.99. The number of likely N-dealkylation sites (N-methyl/N-ethyl adjacent to an activating group) is 2. The van der Waals surface area contributed by atoms with Crippen molar-refractivity contribution in [2.75, 3.05) is 27.2 Å². The quantitative estimate of drug-likeness (QED) is 0.861. The number of hydrogen-bond donors (Lipinski definition) is 1. The van der Waals surface area contributed by atoms with Crippen LogP contribution < -0.4 is 0 Å². The third-order valence-electron chi connectivity index (χ3n) is 3.10. The van der Waals surface area contributed by atoms with Crippen LogP contribution in [0.3, 0.4) is 0 Å². The third kappa shape index (κ3) is 4.16. The van der Waals surface area contributed by atoms with E-state index in [2.05, 4.69) is 37.7 Å². The zero-order valence-electron chi connectivity index (χ0n) is 11.7. The van der Waals surface area contributed by atoms with Gasteiger partial charge in [-0.25, -0.2) is 0 Å². The molecule has 1 rings (SSSR count). The van der Waals surface area contributed by atoms with E-state index in [9.17, 15) is 5.11 Å². The highest BCUT2D eigenvalue weighted by Gasteiger charge is 2.15. The molecule has 0 bridgehead atoms. The minimum atomic E-state index is 0.203. The molecule has 0 aliphatic rings. The predicted octanol–water partition coefficient (Wildman–Crippen LogP) is 2.82. The molecule has 1 aromatic carbocycles. The van der Waals surface area contributed by atoms with E-state index in [0.29, 0.717) is 11.1 Å². The lowest BCUT2D eigenvalue weighted by molar-refractivity contribution is 0.173. The van der Waals surface area contributed by atoms with Crippen LogP contribution in [0.5, 0.6) is 5.75 Å². The first-order chi connectivity index (χ1) is 8.45. The molecule has 1 N–H and O–H groups in total. The molecule has 0 spiro atoms. The van der Waals surface area contributed by atoms with E-state index in [1.165, 1.54) is 0 Å². The number of halogens is 1. The van der Waals surface area contributed by atoms with Gasteiger partial charge in [-0.2, -0.15) is 0 Å². The molecule has 0 radical (unpaired) electrons. The molecular formula is C14H23ClN2O. The van der Waals surface area contributed by atoms with Crippen LogP contribution >= 0.6 is 11.6 Å². The van der Waals surface area contributed by atoms with E-state index in [0.717, 1.165) is 25.2 Å². The van der Waals surface area contributed by atoms with Gasteiger partial charge in [-0.3, -0.25) is 4.90 Å². The Morgan fingerprint density at radius 1 is 1.33 bits per heavy atom. The van der Waals surface area contributed by atoms with Crippen LogP contribution in [-0.4, -0.2) is 48.1 Å². The minimum absolute atomic E-state index is 0.203. The largest absolute Gasteiger partial charge is 0.506 e. The topological polar surface area (TPSA) is 26.7 Å². The molecular weight excluding hydrogens is 248 g/mol. The zero-order valence-corrected chi connectivity index (χ0v) is 12.4. The van der Waals surface area contributed by atoms with Crippen molar-refractivity contribution in [3.05, 3.63) is 28.8 Å². The van der Waals surface area contributed by atoms with Gasteiger partial charge >= 0.3 is 0 Å². The second-order valence-corrected chi connectivity index (χ2v) is 5.33. The number of para-hydroxylation sites is 1. The van der Waals surface area contributed by atoms with Crippen LogP contribution in [0.15, 0.2) is 18.2 Å². The predicted molar refractivity (Wildman–Crippen MR) is 77.2 cm³/mol. The summed E-state index contributed by atoms with van der Waals surface area (Å²) in [5.41, 5.74) is 0.884. The second kappa shape index (κ2) is 6.98. The summed E-state index contributed by atoms with van der Waals surface area (Å²) in [4.78, 5) is 4.50. The first-order valence-corrected chi connectivity index (χ1v) is 6.68. The van der Waals surface area contributed by atoms with Crippen LogP contribution in [0.25, 0.3) is 0 Å². The van der Waals surface area contributed by atoms with Gasteiger partial charge in [0.05, 0.1) is 5.02 Å². The summed E-state index contributed by atoms with van der Waals surface area (Å²) in [5, 5.41) is 10.4. The van der Waals surface area contributed by atoms with E-state index in [4.69, 9.17) is 11.6 Å². The number of aromatic hydroxyl groups is 1. The fourth-order valence-corrected chi connectivity index (χ4v) is 2.32. The van der Waals surface area contributed by atoms with Gasteiger partial charge in [0.2, 0.25) is 0 Å². The molecule has 4 heteroatoms. The highest BCUT2D eigenvalue weighted by atomic mass is 35.5. The van der Waals surface area contributed by atoms with Gasteiger partial charge < -0.3 is 10.0 Å². The van der Waals surface area contributed by atoms with Crippen LogP contribution in [0.2, 0.25) is 5.02 Å². The molecule has 0 saturated heterocycles. The zero-order chi connectivity index (χ0) is 13.7. The van der Waals surface area contributed by atoms with Crippen molar-refractivity contribution in [3.63, 3.8) is 0 Å². The lowest BCUT2D eigenvalue weighted by atomic mass is 10.1. The number of phenols is 1. The lowest BCUT2D eigenvalue weighted by Gasteiger charge is -2.30. The maximum atomic E-state index is 9.94. The normalized spacial score (nSPS) is 13.3. The Hall–Kier alpha value is -0.770. The maximum Gasteiger partial charge on any atom is 0.138 e. The third-order valence-corrected chi connectivity index (χ3v) is 3.41. The van der Waals surface area contributed by atoms with Gasteiger partial charge in [-0.15, -0.1) is 0 Å². The van der Waals surface area contributed by atoms with Crippen molar-refractivity contribution in [2.24, 2.45) is 0 Å². The van der Waals surface area contributed by atoms with Crippen LogP contribution in [0.1, 0.15) is 19.4 Å². The van der Waals surface area contributed by atoms with Crippen LogP contribution in [-0.2, 0) is 6.54 Å². The van der Waals surface area contributed by atoms with E-state index in [-0.39, 0.29) is 5.75 Å². The summed E-state index contributed by atoms with van der Waals surface area (Å²) in [5.74, 6) is 0.203. The summed E-state index contributed by atoms with van der Waals surface area (Å²) in [7, 11) is 4.14. The van der Waals surface area contributed by atoms with Crippen molar-refractivity contribution in [2.45, 2.75) is 26.4 Å². The van der Waals surface area contributed by atoms with Gasteiger partial charge in [-0.05, 0) is 33.6 Å². The van der Waals surface area contributed by atoms with Gasteiger partial charge in [-0.1, -0.05) is 30.7 Å². The Morgan fingerprint density at radius 3 is 2.56 bits per heavy atom. The van der Waals surface area contributed by atoms with Gasteiger partial charge in [0.1, 0.15) is 5.75 Å². The van der Waals surface area contributed by atoms with E-state index in [1.54, 1.807) is 6.07 Å². The standard InChI is InChI=1S/C14H23ClN2O/c1-5-17(11(2)9-16(3)4)10-12-7-6-8-13(15)14(12)18/h6-8,11,18H,5,9-10H2,1-4H3. The van der Waals surface area contributed by atoms with E-state index < -0.39 is 0 Å². The maximum absolute atomic E-state index is 9.94. The van der Waals surface area contributed by atoms with Crippen LogP contribution in [0, 0.1) is 0 Å². The molecule has 0 aliphatic carbocycles. The lowest BCUT2D eigenvalue weighted by Crippen LogP contribution is -2.39. The van der Waals surface area contributed by atoms with Gasteiger partial charge in [0.15, 0.2) is 0 Å². The number of benzene rings is 1. The van der Waals surface area contributed by atoms with Gasteiger partial charge in [0, 0.05) is 24.7 Å². The smallest absolute Gasteiger partial charge is 0.138 e. The van der Waals surface area contributed by atoms with Crippen molar-refractivity contribution in [1.29, 1.82) is 0 Å². The molecule has 0 amide bonds. The SMILES string of the molecule is CCN(Cc1cccc(Cl)c1O)C(C)CN(C)C. The summed E-state index contributed by atoms with van der Waals surface area (Å²) in [6, 6.07) is 5.94. The molecule has 1 atom stereocenters. The van der Waals surface area contributed by atoms with Crippen molar-refractivity contribution in [1.82, 2.24) is 9.80 Å². The summed E-state index contributed by atoms with van der Waals surface area (Å²) in [6.07, 6.45) is 0. The fourth-order valence-electron chi connectivity index (χ4n) is 2.13. The Labute approximate surface area is 115 Å². The molecule has 0 heterocycles. The van der Waals surface area contributed by atoms with Crippen molar-refractivity contribution >= 4 is 11.6 Å². The molecule has 18 heavy (non-hydrogen) atoms. The highest BCUT2D eigenvalue weighted by Crippen LogP contribution is 2.28. The molecule has 3 nitrogen and oxygen atoms in total. The molecule has 0 aromatic heterocycles. The first-order valence-electron chi connectivity index (χ1n) is 6.30. The second-order valence-electron chi connectivity index (χ2n) is 4.92. The fraction of sp³-hybridized carbons (Fsp3) is 0.571. The van der Waals surface area contributed by atoms with E-state index >= 15 is 0 Å². The number of rotatable bonds is 6. The number of phenolic OH excluding ortho intramolecular Hbond substituents is 1. The van der Waals surface area contributed by atoms with E-state index in [1.807, 2.05) is 12.1 Å². The minimum Gasteiger partial charge on any atom is -0.506 e. The molecule has 1 aromatic rings. The Balaban J connectivity index is 2.76. The Morgan fingerprint density at radius 2 is 2.00 bits per heavy atom. The Bertz CT molecular complexity index is 382. The summed E-state index contributed by atoms with van der Waals surface area (Å²) >= 11 is 5.93. The molecule has 102 valence electrons. The molecule has 0 aliphatic heterocycles. The highest BCUT2D eigenvalue weighted by molar-refractivity contribution is 6.32. The number of nitrogens with zero attached hydrogens (tertiary/aromatic N) is 2. The molecule has 0 saturated carbocycles. The Kier molecular flexibility index (Phi) is 5.93. The average molecular weight is 271 g/mol. The molecule has 0 fully saturated rings. The average Bonchev–Trinajstić information content (AvgIpc) is 2.30. The van der Waals surface area contributed by atoms with Crippen molar-refractivity contribution < 1.29 is 5.11 Å². The number of hydrogen-bond acceptors (Lipinski definition) is 3. The molecule has 1 unspecified atom stereocenters. The summed E-state index contributed by atoms with van der Waals surface area (Å²) < 4.78 is 0.